The van der Waals surface area contributed by atoms with Gasteiger partial charge in [-0.1, -0.05) is 18.5 Å². The summed E-state index contributed by atoms with van der Waals surface area (Å²) in [7, 11) is 1.67. The average molecular weight is 291 g/mol. The Kier molecular flexibility index (Phi) is 5.44. The zero-order valence-electron chi connectivity index (χ0n) is 12.9. The number of hydrogen-bond acceptors (Lipinski definition) is 4. The molecule has 1 saturated heterocycles. The first-order chi connectivity index (χ1) is 10.2. The smallest absolute Gasteiger partial charge is 0.170 e. The third-order valence-electron chi connectivity index (χ3n) is 4.14. The number of nitrogens with two attached hydrogens (primary N) is 1. The molecule has 1 unspecified atom stereocenters. The molecule has 0 saturated carbocycles. The maximum atomic E-state index is 8.80. The molecule has 2 rings (SSSR count). The van der Waals surface area contributed by atoms with Gasteiger partial charge in [0.1, 0.15) is 5.75 Å². The van der Waals surface area contributed by atoms with Crippen molar-refractivity contribution >= 4 is 5.84 Å². The summed E-state index contributed by atoms with van der Waals surface area (Å²) in [6, 6.07) is 5.63. The lowest BCUT2D eigenvalue weighted by molar-refractivity contribution is 0.305. The molecule has 1 heterocycles. The van der Waals surface area contributed by atoms with E-state index in [0.29, 0.717) is 0 Å². The van der Waals surface area contributed by atoms with Gasteiger partial charge in [0.05, 0.1) is 7.11 Å². The quantitative estimate of drug-likeness (QED) is 0.365. The van der Waals surface area contributed by atoms with Crippen LogP contribution < -0.4 is 10.5 Å². The Labute approximate surface area is 126 Å². The van der Waals surface area contributed by atoms with E-state index in [4.69, 9.17) is 15.7 Å². The van der Waals surface area contributed by atoms with E-state index in [0.717, 1.165) is 42.4 Å². The Hall–Kier alpha value is -1.75. The number of hydrogen-bond donors (Lipinski definition) is 2. The van der Waals surface area contributed by atoms with Crippen LogP contribution in [0, 0.1) is 5.92 Å². The van der Waals surface area contributed by atoms with Crippen LogP contribution in [0.1, 0.15) is 37.3 Å². The Morgan fingerprint density at radius 3 is 3.00 bits per heavy atom. The molecular weight excluding hydrogens is 266 g/mol. The highest BCUT2D eigenvalue weighted by atomic mass is 16.5. The molecule has 0 spiro atoms. The van der Waals surface area contributed by atoms with Crippen molar-refractivity contribution in [2.24, 2.45) is 16.8 Å². The fraction of sp³-hybridized carbons (Fsp3) is 0.562. The summed E-state index contributed by atoms with van der Waals surface area (Å²) in [5.41, 5.74) is 7.47. The van der Waals surface area contributed by atoms with E-state index in [-0.39, 0.29) is 5.84 Å². The van der Waals surface area contributed by atoms with Crippen LogP contribution >= 0.6 is 0 Å². The van der Waals surface area contributed by atoms with E-state index in [1.807, 2.05) is 12.1 Å². The molecule has 0 amide bonds. The highest BCUT2D eigenvalue weighted by Crippen LogP contribution is 2.26. The molecule has 116 valence electrons. The fourth-order valence-corrected chi connectivity index (χ4v) is 3.06. The van der Waals surface area contributed by atoms with Crippen LogP contribution in [0.3, 0.4) is 0 Å². The fourth-order valence-electron chi connectivity index (χ4n) is 3.06. The van der Waals surface area contributed by atoms with Gasteiger partial charge < -0.3 is 15.7 Å². The maximum absolute atomic E-state index is 8.80. The SMILES string of the molecule is CCCC1CCN(Cc2cc(/C(N)=N/O)ccc2OC)C1. The standard InChI is InChI=1S/C16H25N3O2/c1-3-4-12-7-8-19(10-12)11-14-9-13(16(17)18-20)5-6-15(14)21-2/h5-6,9,12,20H,3-4,7-8,10-11H2,1-2H3,(H2,17,18). The Balaban J connectivity index is 2.11. The molecule has 3 N–H and O–H groups in total. The van der Waals surface area contributed by atoms with Crippen LogP contribution in [-0.4, -0.2) is 36.1 Å². The number of likely N-dealkylation sites (tertiary alicyclic amines) is 1. The normalized spacial score (nSPS) is 19.9. The zero-order chi connectivity index (χ0) is 15.2. The first-order valence-corrected chi connectivity index (χ1v) is 7.55. The first-order valence-electron chi connectivity index (χ1n) is 7.55. The number of nitrogens with zero attached hydrogens (tertiary/aromatic N) is 2. The molecule has 1 aromatic rings. The van der Waals surface area contributed by atoms with Crippen molar-refractivity contribution in [2.45, 2.75) is 32.7 Å². The van der Waals surface area contributed by atoms with Crippen LogP contribution in [0.4, 0.5) is 0 Å². The summed E-state index contributed by atoms with van der Waals surface area (Å²) < 4.78 is 5.43. The van der Waals surface area contributed by atoms with Crippen molar-refractivity contribution < 1.29 is 9.94 Å². The minimum absolute atomic E-state index is 0.129. The van der Waals surface area contributed by atoms with E-state index in [2.05, 4.69) is 17.0 Å². The van der Waals surface area contributed by atoms with Crippen molar-refractivity contribution in [3.8, 4) is 5.75 Å². The predicted molar refractivity (Wildman–Crippen MR) is 83.8 cm³/mol. The second-order valence-electron chi connectivity index (χ2n) is 5.69. The Morgan fingerprint density at radius 2 is 2.33 bits per heavy atom. The topological polar surface area (TPSA) is 71.1 Å². The predicted octanol–water partition coefficient (Wildman–Crippen LogP) is 2.41. The molecule has 0 aliphatic carbocycles. The van der Waals surface area contributed by atoms with Crippen LogP contribution in [0.2, 0.25) is 0 Å². The minimum Gasteiger partial charge on any atom is -0.496 e. The van der Waals surface area contributed by atoms with Gasteiger partial charge >= 0.3 is 0 Å². The highest BCUT2D eigenvalue weighted by molar-refractivity contribution is 5.97. The van der Waals surface area contributed by atoms with Crippen molar-refractivity contribution in [3.63, 3.8) is 0 Å². The summed E-state index contributed by atoms with van der Waals surface area (Å²) in [5, 5.41) is 11.9. The van der Waals surface area contributed by atoms with Crippen molar-refractivity contribution in [1.29, 1.82) is 0 Å². The molecule has 0 bridgehead atoms. The van der Waals surface area contributed by atoms with E-state index < -0.39 is 0 Å². The number of rotatable bonds is 6. The lowest BCUT2D eigenvalue weighted by Gasteiger charge is -2.18. The zero-order valence-corrected chi connectivity index (χ0v) is 12.9. The highest BCUT2D eigenvalue weighted by Gasteiger charge is 2.22. The number of ether oxygens (including phenoxy) is 1. The van der Waals surface area contributed by atoms with Crippen LogP contribution in [0.5, 0.6) is 5.75 Å². The molecule has 1 aliphatic rings. The van der Waals surface area contributed by atoms with Gasteiger partial charge in [0.25, 0.3) is 0 Å². The third kappa shape index (κ3) is 3.88. The minimum atomic E-state index is 0.129. The van der Waals surface area contributed by atoms with Gasteiger partial charge in [0, 0.05) is 24.2 Å². The molecule has 1 aromatic carbocycles. The molecule has 1 fully saturated rings. The van der Waals surface area contributed by atoms with Crippen molar-refractivity contribution in [1.82, 2.24) is 4.90 Å². The summed E-state index contributed by atoms with van der Waals surface area (Å²) >= 11 is 0. The van der Waals surface area contributed by atoms with Gasteiger partial charge in [-0.2, -0.15) is 0 Å². The largest absolute Gasteiger partial charge is 0.496 e. The number of oxime groups is 1. The molecule has 5 nitrogen and oxygen atoms in total. The van der Waals surface area contributed by atoms with E-state index in [9.17, 15) is 0 Å². The Bertz CT molecular complexity index is 502. The average Bonchev–Trinajstić information content (AvgIpc) is 2.94. The maximum Gasteiger partial charge on any atom is 0.170 e. The van der Waals surface area contributed by atoms with Gasteiger partial charge in [-0.05, 0) is 43.5 Å². The Morgan fingerprint density at radius 1 is 1.52 bits per heavy atom. The molecule has 1 aliphatic heterocycles. The van der Waals surface area contributed by atoms with Crippen LogP contribution in [0.25, 0.3) is 0 Å². The van der Waals surface area contributed by atoms with E-state index in [1.165, 1.54) is 19.3 Å². The van der Waals surface area contributed by atoms with Gasteiger partial charge in [0.15, 0.2) is 5.84 Å². The number of methoxy groups -OCH3 is 1. The second-order valence-corrected chi connectivity index (χ2v) is 5.69. The summed E-state index contributed by atoms with van der Waals surface area (Å²) in [6.07, 6.45) is 3.83. The van der Waals surface area contributed by atoms with E-state index in [1.54, 1.807) is 13.2 Å². The van der Waals surface area contributed by atoms with Gasteiger partial charge in [-0.25, -0.2) is 0 Å². The lowest BCUT2D eigenvalue weighted by atomic mass is 10.0. The molecule has 5 heteroatoms. The van der Waals surface area contributed by atoms with Crippen molar-refractivity contribution in [3.05, 3.63) is 29.3 Å². The monoisotopic (exact) mass is 291 g/mol. The summed E-state index contributed by atoms with van der Waals surface area (Å²) in [4.78, 5) is 2.45. The second kappa shape index (κ2) is 7.31. The van der Waals surface area contributed by atoms with E-state index >= 15 is 0 Å². The van der Waals surface area contributed by atoms with Gasteiger partial charge in [-0.15, -0.1) is 0 Å². The summed E-state index contributed by atoms with van der Waals surface area (Å²) in [5.74, 6) is 1.79. The molecule has 1 atom stereocenters. The first kappa shape index (κ1) is 15.6. The number of benzene rings is 1. The third-order valence-corrected chi connectivity index (χ3v) is 4.14. The van der Waals surface area contributed by atoms with Gasteiger partial charge in [0.2, 0.25) is 0 Å². The van der Waals surface area contributed by atoms with Crippen LogP contribution in [-0.2, 0) is 6.54 Å². The van der Waals surface area contributed by atoms with Crippen LogP contribution in [0.15, 0.2) is 23.4 Å². The molecule has 0 aromatic heterocycles. The van der Waals surface area contributed by atoms with Gasteiger partial charge in [-0.3, -0.25) is 4.90 Å². The summed E-state index contributed by atoms with van der Waals surface area (Å²) in [6.45, 7) is 5.36. The number of amidine groups is 1. The van der Waals surface area contributed by atoms with Crippen molar-refractivity contribution in [2.75, 3.05) is 20.2 Å². The molecular formula is C16H25N3O2. The lowest BCUT2D eigenvalue weighted by Crippen LogP contribution is -2.21. The molecule has 0 radical (unpaired) electrons. The molecule has 21 heavy (non-hydrogen) atoms.